The Morgan fingerprint density at radius 3 is 2.50 bits per heavy atom. The van der Waals surface area contributed by atoms with E-state index in [1.165, 1.54) is 0 Å². The average Bonchev–Trinajstić information content (AvgIpc) is 2.56. The molecule has 0 saturated carbocycles. The second-order valence-electron chi connectivity index (χ2n) is 5.74. The Morgan fingerprint density at radius 2 is 1.86 bits per heavy atom. The molecule has 1 amide bonds. The number of amides is 1. The number of methoxy groups -OCH3 is 1. The van der Waals surface area contributed by atoms with E-state index in [0.29, 0.717) is 25.5 Å². The Kier molecular flexibility index (Phi) is 6.52. The maximum absolute atomic E-state index is 12.2. The zero-order valence-corrected chi connectivity index (χ0v) is 13.5. The number of ether oxygens (including phenoxy) is 2. The van der Waals surface area contributed by atoms with Crippen molar-refractivity contribution in [1.29, 1.82) is 0 Å². The molecule has 22 heavy (non-hydrogen) atoms. The van der Waals surface area contributed by atoms with Crippen molar-refractivity contribution in [3.63, 3.8) is 0 Å². The van der Waals surface area contributed by atoms with E-state index in [2.05, 4.69) is 5.32 Å². The van der Waals surface area contributed by atoms with Crippen LogP contribution in [0.2, 0.25) is 0 Å². The highest BCUT2D eigenvalue weighted by molar-refractivity contribution is 5.76. The Bertz CT molecular complexity index is 455. The van der Waals surface area contributed by atoms with Gasteiger partial charge in [-0.3, -0.25) is 4.79 Å². The highest BCUT2D eigenvalue weighted by Gasteiger charge is 2.18. The summed E-state index contributed by atoms with van der Waals surface area (Å²) in [4.78, 5) is 13.9. The van der Waals surface area contributed by atoms with E-state index in [0.717, 1.165) is 37.4 Å². The first-order valence-corrected chi connectivity index (χ1v) is 7.90. The molecule has 1 fully saturated rings. The number of carbonyl (C=O) groups is 1. The summed E-state index contributed by atoms with van der Waals surface area (Å²) in [7, 11) is 3.49. The highest BCUT2D eigenvalue weighted by Crippen LogP contribution is 2.18. The third-order valence-electron chi connectivity index (χ3n) is 4.10. The van der Waals surface area contributed by atoms with Gasteiger partial charge in [0.15, 0.2) is 0 Å². The van der Waals surface area contributed by atoms with Gasteiger partial charge in [-0.1, -0.05) is 0 Å². The van der Waals surface area contributed by atoms with Crippen molar-refractivity contribution in [2.75, 3.05) is 40.4 Å². The van der Waals surface area contributed by atoms with Gasteiger partial charge in [-0.15, -0.1) is 0 Å². The maximum atomic E-state index is 12.2. The van der Waals surface area contributed by atoms with Gasteiger partial charge in [-0.2, -0.15) is 0 Å². The van der Waals surface area contributed by atoms with E-state index in [4.69, 9.17) is 9.47 Å². The maximum Gasteiger partial charge on any atom is 0.222 e. The van der Waals surface area contributed by atoms with Gasteiger partial charge in [0.1, 0.15) is 18.1 Å². The van der Waals surface area contributed by atoms with Crippen molar-refractivity contribution < 1.29 is 14.3 Å². The average molecular weight is 306 g/mol. The topological polar surface area (TPSA) is 50.8 Å². The molecule has 1 aromatic carbocycles. The summed E-state index contributed by atoms with van der Waals surface area (Å²) < 4.78 is 10.8. The van der Waals surface area contributed by atoms with Gasteiger partial charge >= 0.3 is 0 Å². The molecule has 0 radical (unpaired) electrons. The standard InChI is InChI=1S/C17H26N2O3/c1-19(17(20)13-14-7-9-18-10-8-14)11-12-22-16-5-3-15(21-2)4-6-16/h3-6,14,18H,7-13H2,1-2H3. The molecular weight excluding hydrogens is 280 g/mol. The summed E-state index contributed by atoms with van der Waals surface area (Å²) in [6.07, 6.45) is 2.85. The first-order valence-electron chi connectivity index (χ1n) is 7.90. The molecule has 5 nitrogen and oxygen atoms in total. The third kappa shape index (κ3) is 5.22. The van der Waals surface area contributed by atoms with E-state index >= 15 is 0 Å². The number of piperidine rings is 1. The molecule has 1 heterocycles. The number of nitrogens with one attached hydrogen (secondary N) is 1. The Balaban J connectivity index is 1.67. The van der Waals surface area contributed by atoms with Crippen LogP contribution in [-0.4, -0.2) is 51.2 Å². The van der Waals surface area contributed by atoms with Gasteiger partial charge < -0.3 is 19.7 Å². The summed E-state index contributed by atoms with van der Waals surface area (Å²) >= 11 is 0. The number of benzene rings is 1. The molecule has 5 heteroatoms. The first-order chi connectivity index (χ1) is 10.7. The van der Waals surface area contributed by atoms with Crippen LogP contribution >= 0.6 is 0 Å². The fourth-order valence-electron chi connectivity index (χ4n) is 2.59. The van der Waals surface area contributed by atoms with Crippen molar-refractivity contribution in [1.82, 2.24) is 10.2 Å². The van der Waals surface area contributed by atoms with Crippen LogP contribution in [0.3, 0.4) is 0 Å². The second kappa shape index (κ2) is 8.63. The molecule has 0 atom stereocenters. The number of hydrogen-bond acceptors (Lipinski definition) is 4. The third-order valence-corrected chi connectivity index (χ3v) is 4.10. The molecular formula is C17H26N2O3. The van der Waals surface area contributed by atoms with E-state index in [9.17, 15) is 4.79 Å². The van der Waals surface area contributed by atoms with Crippen LogP contribution in [0.15, 0.2) is 24.3 Å². The summed E-state index contributed by atoms with van der Waals surface area (Å²) in [5.41, 5.74) is 0. The molecule has 0 spiro atoms. The predicted molar refractivity (Wildman–Crippen MR) is 86.3 cm³/mol. The van der Waals surface area contributed by atoms with Crippen LogP contribution in [0.4, 0.5) is 0 Å². The zero-order valence-electron chi connectivity index (χ0n) is 13.5. The molecule has 122 valence electrons. The fourth-order valence-corrected chi connectivity index (χ4v) is 2.59. The van der Waals surface area contributed by atoms with Crippen molar-refractivity contribution in [3.05, 3.63) is 24.3 Å². The molecule has 1 aromatic rings. The quantitative estimate of drug-likeness (QED) is 0.836. The van der Waals surface area contributed by atoms with Gasteiger partial charge in [0.25, 0.3) is 0 Å². The molecule has 2 rings (SSSR count). The highest BCUT2D eigenvalue weighted by atomic mass is 16.5. The summed E-state index contributed by atoms with van der Waals surface area (Å²) in [5.74, 6) is 2.34. The molecule has 0 aromatic heterocycles. The zero-order chi connectivity index (χ0) is 15.8. The van der Waals surface area contributed by atoms with Crippen LogP contribution in [0.5, 0.6) is 11.5 Å². The molecule has 1 aliphatic rings. The number of hydrogen-bond donors (Lipinski definition) is 1. The van der Waals surface area contributed by atoms with Crippen molar-refractivity contribution >= 4 is 5.91 Å². The summed E-state index contributed by atoms with van der Waals surface area (Å²) in [6.45, 7) is 3.17. The van der Waals surface area contributed by atoms with Crippen molar-refractivity contribution in [3.8, 4) is 11.5 Å². The largest absolute Gasteiger partial charge is 0.497 e. The van der Waals surface area contributed by atoms with Crippen LogP contribution in [-0.2, 0) is 4.79 Å². The van der Waals surface area contributed by atoms with Crippen LogP contribution in [0.25, 0.3) is 0 Å². The lowest BCUT2D eigenvalue weighted by atomic mass is 9.94. The lowest BCUT2D eigenvalue weighted by molar-refractivity contribution is -0.131. The van der Waals surface area contributed by atoms with Crippen molar-refractivity contribution in [2.45, 2.75) is 19.3 Å². The Hall–Kier alpha value is -1.75. The molecule has 1 saturated heterocycles. The van der Waals surface area contributed by atoms with Gasteiger partial charge in [0.2, 0.25) is 5.91 Å². The van der Waals surface area contributed by atoms with Crippen LogP contribution in [0.1, 0.15) is 19.3 Å². The molecule has 0 aliphatic carbocycles. The summed E-state index contributed by atoms with van der Waals surface area (Å²) in [5, 5.41) is 3.32. The number of likely N-dealkylation sites (N-methyl/N-ethyl adjacent to an activating group) is 1. The van der Waals surface area contributed by atoms with Crippen LogP contribution < -0.4 is 14.8 Å². The number of nitrogens with zero attached hydrogens (tertiary/aromatic N) is 1. The van der Waals surface area contributed by atoms with Gasteiger partial charge in [-0.25, -0.2) is 0 Å². The predicted octanol–water partition coefficient (Wildman–Crippen LogP) is 1.92. The minimum Gasteiger partial charge on any atom is -0.497 e. The van der Waals surface area contributed by atoms with E-state index in [1.807, 2.05) is 31.3 Å². The van der Waals surface area contributed by atoms with Gasteiger partial charge in [0, 0.05) is 13.5 Å². The number of rotatable bonds is 7. The SMILES string of the molecule is COc1ccc(OCCN(C)C(=O)CC2CCNCC2)cc1. The Labute approximate surface area is 132 Å². The first kappa shape index (κ1) is 16.6. The smallest absolute Gasteiger partial charge is 0.222 e. The van der Waals surface area contributed by atoms with Crippen molar-refractivity contribution in [2.24, 2.45) is 5.92 Å². The summed E-state index contributed by atoms with van der Waals surface area (Å²) in [6, 6.07) is 7.47. The van der Waals surface area contributed by atoms with E-state index in [1.54, 1.807) is 12.0 Å². The normalized spacial score (nSPS) is 15.4. The number of carbonyl (C=O) groups excluding carboxylic acids is 1. The molecule has 1 N–H and O–H groups in total. The van der Waals surface area contributed by atoms with Gasteiger partial charge in [-0.05, 0) is 56.1 Å². The minimum absolute atomic E-state index is 0.213. The Morgan fingerprint density at radius 1 is 1.23 bits per heavy atom. The van der Waals surface area contributed by atoms with Gasteiger partial charge in [0.05, 0.1) is 13.7 Å². The lowest BCUT2D eigenvalue weighted by Gasteiger charge is -2.25. The lowest BCUT2D eigenvalue weighted by Crippen LogP contribution is -2.35. The minimum atomic E-state index is 0.213. The van der Waals surface area contributed by atoms with E-state index in [-0.39, 0.29) is 5.91 Å². The van der Waals surface area contributed by atoms with Crippen LogP contribution in [0, 0.1) is 5.92 Å². The molecule has 1 aliphatic heterocycles. The monoisotopic (exact) mass is 306 g/mol. The second-order valence-corrected chi connectivity index (χ2v) is 5.74. The fraction of sp³-hybridized carbons (Fsp3) is 0.588. The molecule has 0 unspecified atom stereocenters. The van der Waals surface area contributed by atoms with E-state index < -0.39 is 0 Å². The molecule has 0 bridgehead atoms.